The van der Waals surface area contributed by atoms with Gasteiger partial charge in [0.15, 0.2) is 0 Å². The van der Waals surface area contributed by atoms with Crippen LogP contribution in [0.2, 0.25) is 0 Å². The molecule has 1 aromatic heterocycles. The number of hydrogen-bond donors (Lipinski definition) is 3. The van der Waals surface area contributed by atoms with E-state index < -0.39 is 0 Å². The lowest BCUT2D eigenvalue weighted by molar-refractivity contribution is 0.470. The SMILES string of the molecule is CC(C)NCC(C)NCc1n[nH]c2c1CCCC2. The fraction of sp³-hybridized carbons (Fsp3) is 0.786. The quantitative estimate of drug-likeness (QED) is 0.721. The molecule has 0 amide bonds. The predicted molar refractivity (Wildman–Crippen MR) is 74.7 cm³/mol. The van der Waals surface area contributed by atoms with Crippen molar-refractivity contribution in [1.82, 2.24) is 20.8 Å². The van der Waals surface area contributed by atoms with Crippen molar-refractivity contribution in [3.63, 3.8) is 0 Å². The lowest BCUT2D eigenvalue weighted by Gasteiger charge is -2.17. The average molecular weight is 250 g/mol. The van der Waals surface area contributed by atoms with E-state index in [-0.39, 0.29) is 0 Å². The van der Waals surface area contributed by atoms with E-state index in [1.165, 1.54) is 42.6 Å². The zero-order valence-corrected chi connectivity index (χ0v) is 11.8. The molecule has 0 bridgehead atoms. The van der Waals surface area contributed by atoms with Gasteiger partial charge in [-0.3, -0.25) is 5.10 Å². The highest BCUT2D eigenvalue weighted by molar-refractivity contribution is 5.27. The van der Waals surface area contributed by atoms with Crippen LogP contribution >= 0.6 is 0 Å². The molecule has 0 fully saturated rings. The van der Waals surface area contributed by atoms with E-state index in [0.717, 1.165) is 13.1 Å². The molecule has 0 aromatic carbocycles. The topological polar surface area (TPSA) is 52.7 Å². The molecule has 3 N–H and O–H groups in total. The maximum Gasteiger partial charge on any atom is 0.0794 e. The van der Waals surface area contributed by atoms with Crippen molar-refractivity contribution >= 4 is 0 Å². The number of rotatable bonds is 6. The number of fused-ring (bicyclic) bond motifs is 1. The molecular formula is C14H26N4. The zero-order valence-electron chi connectivity index (χ0n) is 11.8. The van der Waals surface area contributed by atoms with E-state index in [1.54, 1.807) is 0 Å². The van der Waals surface area contributed by atoms with Crippen LogP contribution in [-0.2, 0) is 19.4 Å². The first-order chi connectivity index (χ1) is 8.66. The molecule has 0 radical (unpaired) electrons. The summed E-state index contributed by atoms with van der Waals surface area (Å²) < 4.78 is 0. The molecule has 1 aliphatic rings. The molecule has 18 heavy (non-hydrogen) atoms. The smallest absolute Gasteiger partial charge is 0.0794 e. The molecule has 1 heterocycles. The minimum absolute atomic E-state index is 0.475. The van der Waals surface area contributed by atoms with Crippen molar-refractivity contribution in [3.05, 3.63) is 17.0 Å². The van der Waals surface area contributed by atoms with Crippen molar-refractivity contribution in [2.75, 3.05) is 6.54 Å². The van der Waals surface area contributed by atoms with Crippen molar-refractivity contribution in [2.24, 2.45) is 0 Å². The van der Waals surface area contributed by atoms with Crippen molar-refractivity contribution in [3.8, 4) is 0 Å². The maximum atomic E-state index is 4.46. The molecule has 1 unspecified atom stereocenters. The molecule has 0 saturated heterocycles. The summed E-state index contributed by atoms with van der Waals surface area (Å²) in [5.74, 6) is 0. The van der Waals surface area contributed by atoms with Gasteiger partial charge in [-0.15, -0.1) is 0 Å². The van der Waals surface area contributed by atoms with Gasteiger partial charge in [-0.25, -0.2) is 0 Å². The van der Waals surface area contributed by atoms with Gasteiger partial charge in [-0.2, -0.15) is 5.10 Å². The second-order valence-electron chi connectivity index (χ2n) is 5.68. The van der Waals surface area contributed by atoms with Crippen LogP contribution in [0.25, 0.3) is 0 Å². The molecule has 0 spiro atoms. The molecule has 4 nitrogen and oxygen atoms in total. The van der Waals surface area contributed by atoms with E-state index in [1.807, 2.05) is 0 Å². The summed E-state index contributed by atoms with van der Waals surface area (Å²) in [7, 11) is 0. The van der Waals surface area contributed by atoms with Crippen LogP contribution in [0.1, 0.15) is 50.6 Å². The molecule has 1 aromatic rings. The molecule has 1 atom stereocenters. The standard InChI is InChI=1S/C14H26N4/c1-10(2)15-8-11(3)16-9-14-12-6-4-5-7-13(12)17-18-14/h10-11,15-16H,4-9H2,1-3H3,(H,17,18). The van der Waals surface area contributed by atoms with E-state index in [2.05, 4.69) is 41.6 Å². The summed E-state index contributed by atoms with van der Waals surface area (Å²) in [6.45, 7) is 8.46. The minimum Gasteiger partial charge on any atom is -0.313 e. The summed E-state index contributed by atoms with van der Waals surface area (Å²) in [4.78, 5) is 0. The molecule has 102 valence electrons. The Bertz CT molecular complexity index is 370. The molecule has 0 aliphatic heterocycles. The van der Waals surface area contributed by atoms with Gasteiger partial charge >= 0.3 is 0 Å². The van der Waals surface area contributed by atoms with Gasteiger partial charge in [0.2, 0.25) is 0 Å². The van der Waals surface area contributed by atoms with Gasteiger partial charge in [0.05, 0.1) is 5.69 Å². The van der Waals surface area contributed by atoms with Gasteiger partial charge in [0.25, 0.3) is 0 Å². The summed E-state index contributed by atoms with van der Waals surface area (Å²) in [5, 5.41) is 14.6. The largest absolute Gasteiger partial charge is 0.313 e. The third-order valence-corrected chi connectivity index (χ3v) is 3.59. The van der Waals surface area contributed by atoms with E-state index in [9.17, 15) is 0 Å². The van der Waals surface area contributed by atoms with Crippen LogP contribution in [-0.4, -0.2) is 28.8 Å². The van der Waals surface area contributed by atoms with Gasteiger partial charge in [0.1, 0.15) is 0 Å². The van der Waals surface area contributed by atoms with Crippen LogP contribution in [0.15, 0.2) is 0 Å². The summed E-state index contributed by atoms with van der Waals surface area (Å²) in [6.07, 6.45) is 4.98. The lowest BCUT2D eigenvalue weighted by Crippen LogP contribution is -2.38. The number of aromatic nitrogens is 2. The van der Waals surface area contributed by atoms with Gasteiger partial charge in [-0.05, 0) is 38.2 Å². The van der Waals surface area contributed by atoms with Crippen molar-refractivity contribution in [2.45, 2.75) is 65.1 Å². The zero-order chi connectivity index (χ0) is 13.0. The average Bonchev–Trinajstić information content (AvgIpc) is 2.77. The number of nitrogens with one attached hydrogen (secondary N) is 3. The normalized spacial score (nSPS) is 16.9. The van der Waals surface area contributed by atoms with Crippen LogP contribution in [0.5, 0.6) is 0 Å². The Kier molecular flexibility index (Phi) is 4.78. The molecule has 2 rings (SSSR count). The van der Waals surface area contributed by atoms with Crippen LogP contribution in [0.3, 0.4) is 0 Å². The Hall–Kier alpha value is -0.870. The number of H-pyrrole nitrogens is 1. The molecule has 0 saturated carbocycles. The Balaban J connectivity index is 1.81. The van der Waals surface area contributed by atoms with Crippen LogP contribution < -0.4 is 10.6 Å². The first-order valence-electron chi connectivity index (χ1n) is 7.18. The van der Waals surface area contributed by atoms with Gasteiger partial charge < -0.3 is 10.6 Å². The number of aromatic amines is 1. The van der Waals surface area contributed by atoms with Gasteiger partial charge in [-0.1, -0.05) is 13.8 Å². The first-order valence-corrected chi connectivity index (χ1v) is 7.18. The van der Waals surface area contributed by atoms with Gasteiger partial charge in [0, 0.05) is 30.9 Å². The summed E-state index contributed by atoms with van der Waals surface area (Å²) >= 11 is 0. The highest BCUT2D eigenvalue weighted by atomic mass is 15.1. The van der Waals surface area contributed by atoms with Crippen molar-refractivity contribution in [1.29, 1.82) is 0 Å². The number of nitrogens with zero attached hydrogens (tertiary/aromatic N) is 1. The Labute approximate surface area is 110 Å². The molecule has 4 heteroatoms. The highest BCUT2D eigenvalue weighted by Crippen LogP contribution is 2.21. The Morgan fingerprint density at radius 1 is 1.17 bits per heavy atom. The maximum absolute atomic E-state index is 4.46. The predicted octanol–water partition coefficient (Wildman–Crippen LogP) is 1.76. The highest BCUT2D eigenvalue weighted by Gasteiger charge is 2.16. The van der Waals surface area contributed by atoms with E-state index >= 15 is 0 Å². The molecule has 1 aliphatic carbocycles. The van der Waals surface area contributed by atoms with Crippen LogP contribution in [0.4, 0.5) is 0 Å². The third-order valence-electron chi connectivity index (χ3n) is 3.59. The monoisotopic (exact) mass is 250 g/mol. The second-order valence-corrected chi connectivity index (χ2v) is 5.68. The first kappa shape index (κ1) is 13.6. The van der Waals surface area contributed by atoms with Crippen LogP contribution in [0, 0.1) is 0 Å². The third kappa shape index (κ3) is 3.56. The fourth-order valence-electron chi connectivity index (χ4n) is 2.45. The number of aryl methyl sites for hydroxylation is 1. The fourth-order valence-corrected chi connectivity index (χ4v) is 2.45. The van der Waals surface area contributed by atoms with Crippen molar-refractivity contribution < 1.29 is 0 Å². The molecular weight excluding hydrogens is 224 g/mol. The van der Waals surface area contributed by atoms with E-state index in [4.69, 9.17) is 0 Å². The number of hydrogen-bond acceptors (Lipinski definition) is 3. The Morgan fingerprint density at radius 3 is 2.72 bits per heavy atom. The lowest BCUT2D eigenvalue weighted by atomic mass is 9.96. The summed E-state index contributed by atoms with van der Waals surface area (Å²) in [5.41, 5.74) is 4.06. The summed E-state index contributed by atoms with van der Waals surface area (Å²) in [6, 6.07) is 1.02. The minimum atomic E-state index is 0.475. The second kappa shape index (κ2) is 6.34. The Morgan fingerprint density at radius 2 is 1.94 bits per heavy atom. The van der Waals surface area contributed by atoms with E-state index in [0.29, 0.717) is 12.1 Å².